The van der Waals surface area contributed by atoms with Crippen molar-refractivity contribution in [3.63, 3.8) is 0 Å². The Hall–Kier alpha value is -2.00. The Bertz CT molecular complexity index is 578. The van der Waals surface area contributed by atoms with E-state index in [1.54, 1.807) is 14.2 Å². The number of rotatable bonds is 6. The van der Waals surface area contributed by atoms with E-state index in [4.69, 9.17) is 15.2 Å². The van der Waals surface area contributed by atoms with Gasteiger partial charge in [-0.05, 0) is 31.4 Å². The first-order valence-electron chi connectivity index (χ1n) is 7.17. The quantitative estimate of drug-likeness (QED) is 0.881. The van der Waals surface area contributed by atoms with Crippen LogP contribution in [0.4, 0.5) is 0 Å². The third-order valence-corrected chi connectivity index (χ3v) is 3.70. The molecular weight excluding hydrogens is 262 g/mol. The zero-order valence-electron chi connectivity index (χ0n) is 12.9. The van der Waals surface area contributed by atoms with Crippen molar-refractivity contribution in [1.29, 1.82) is 0 Å². The van der Waals surface area contributed by atoms with Crippen LogP contribution in [0.2, 0.25) is 0 Å². The van der Waals surface area contributed by atoms with Crippen molar-refractivity contribution in [3.05, 3.63) is 59.2 Å². The van der Waals surface area contributed by atoms with Gasteiger partial charge in [0.15, 0.2) is 0 Å². The molecule has 3 heteroatoms. The van der Waals surface area contributed by atoms with E-state index in [0.717, 1.165) is 29.9 Å². The number of ether oxygens (including phenoxy) is 2. The van der Waals surface area contributed by atoms with Gasteiger partial charge in [-0.2, -0.15) is 0 Å². The normalized spacial score (nSPS) is 12.0. The van der Waals surface area contributed by atoms with Crippen molar-refractivity contribution in [2.75, 3.05) is 14.2 Å². The van der Waals surface area contributed by atoms with Gasteiger partial charge in [0.1, 0.15) is 11.5 Å². The topological polar surface area (TPSA) is 44.5 Å². The third-order valence-electron chi connectivity index (χ3n) is 3.70. The fourth-order valence-corrected chi connectivity index (χ4v) is 2.36. The highest BCUT2D eigenvalue weighted by Gasteiger charge is 2.13. The SMILES string of the molecule is COc1ccc(C(N)CCc2ccc(C)cc2)c(OC)c1. The first-order valence-corrected chi connectivity index (χ1v) is 7.17. The highest BCUT2D eigenvalue weighted by atomic mass is 16.5. The molecule has 3 nitrogen and oxygen atoms in total. The van der Waals surface area contributed by atoms with E-state index < -0.39 is 0 Å². The summed E-state index contributed by atoms with van der Waals surface area (Å²) in [7, 11) is 3.30. The standard InChI is InChI=1S/C18H23NO2/c1-13-4-6-14(7-5-13)8-11-17(19)16-10-9-15(20-2)12-18(16)21-3/h4-7,9-10,12,17H,8,11,19H2,1-3H3. The van der Waals surface area contributed by atoms with Gasteiger partial charge in [0.05, 0.1) is 14.2 Å². The number of benzene rings is 2. The summed E-state index contributed by atoms with van der Waals surface area (Å²) >= 11 is 0. The van der Waals surface area contributed by atoms with Gasteiger partial charge in [0, 0.05) is 17.7 Å². The number of nitrogens with two attached hydrogens (primary N) is 1. The average molecular weight is 285 g/mol. The molecule has 21 heavy (non-hydrogen) atoms. The summed E-state index contributed by atoms with van der Waals surface area (Å²) in [6.45, 7) is 2.09. The van der Waals surface area contributed by atoms with Gasteiger partial charge in [-0.3, -0.25) is 0 Å². The molecule has 0 fully saturated rings. The minimum Gasteiger partial charge on any atom is -0.497 e. The highest BCUT2D eigenvalue weighted by Crippen LogP contribution is 2.30. The maximum Gasteiger partial charge on any atom is 0.127 e. The molecule has 2 aromatic rings. The molecule has 0 saturated heterocycles. The van der Waals surface area contributed by atoms with Gasteiger partial charge in [-0.1, -0.05) is 35.9 Å². The largest absolute Gasteiger partial charge is 0.497 e. The van der Waals surface area contributed by atoms with Crippen LogP contribution in [0.5, 0.6) is 11.5 Å². The molecule has 0 saturated carbocycles. The maximum atomic E-state index is 6.32. The van der Waals surface area contributed by atoms with Crippen molar-refractivity contribution in [2.45, 2.75) is 25.8 Å². The van der Waals surface area contributed by atoms with Gasteiger partial charge in [-0.25, -0.2) is 0 Å². The number of methoxy groups -OCH3 is 2. The molecule has 0 aliphatic carbocycles. The second kappa shape index (κ2) is 7.14. The van der Waals surface area contributed by atoms with Gasteiger partial charge in [0.25, 0.3) is 0 Å². The van der Waals surface area contributed by atoms with Crippen LogP contribution in [0, 0.1) is 6.92 Å². The van der Waals surface area contributed by atoms with E-state index in [0.29, 0.717) is 0 Å². The van der Waals surface area contributed by atoms with Crippen molar-refractivity contribution in [1.82, 2.24) is 0 Å². The maximum absolute atomic E-state index is 6.32. The summed E-state index contributed by atoms with van der Waals surface area (Å²) in [5.41, 5.74) is 9.93. The van der Waals surface area contributed by atoms with E-state index in [1.807, 2.05) is 18.2 Å². The number of hydrogen-bond acceptors (Lipinski definition) is 3. The molecule has 0 amide bonds. The van der Waals surface area contributed by atoms with Gasteiger partial charge in [0.2, 0.25) is 0 Å². The van der Waals surface area contributed by atoms with Crippen LogP contribution in [-0.2, 0) is 6.42 Å². The summed E-state index contributed by atoms with van der Waals surface area (Å²) in [6, 6.07) is 14.3. The Morgan fingerprint density at radius 2 is 1.71 bits per heavy atom. The predicted octanol–water partition coefficient (Wildman–Crippen LogP) is 3.64. The van der Waals surface area contributed by atoms with E-state index >= 15 is 0 Å². The first kappa shape index (κ1) is 15.4. The van der Waals surface area contributed by atoms with Crippen molar-refractivity contribution in [3.8, 4) is 11.5 Å². The lowest BCUT2D eigenvalue weighted by molar-refractivity contribution is 0.387. The summed E-state index contributed by atoms with van der Waals surface area (Å²) in [5.74, 6) is 1.56. The molecule has 0 heterocycles. The molecular formula is C18H23NO2. The monoisotopic (exact) mass is 285 g/mol. The van der Waals surface area contributed by atoms with Crippen LogP contribution >= 0.6 is 0 Å². The number of aryl methyl sites for hydroxylation is 2. The van der Waals surface area contributed by atoms with E-state index in [-0.39, 0.29) is 6.04 Å². The van der Waals surface area contributed by atoms with E-state index in [2.05, 4.69) is 31.2 Å². The Morgan fingerprint density at radius 1 is 1.00 bits per heavy atom. The molecule has 112 valence electrons. The lowest BCUT2D eigenvalue weighted by atomic mass is 9.98. The van der Waals surface area contributed by atoms with Crippen LogP contribution in [0.25, 0.3) is 0 Å². The molecule has 0 aliphatic heterocycles. The Balaban J connectivity index is 2.05. The molecule has 0 aromatic heterocycles. The van der Waals surface area contributed by atoms with Crippen LogP contribution < -0.4 is 15.2 Å². The fraction of sp³-hybridized carbons (Fsp3) is 0.333. The van der Waals surface area contributed by atoms with Gasteiger partial charge in [-0.15, -0.1) is 0 Å². The predicted molar refractivity (Wildman–Crippen MR) is 86.0 cm³/mol. The highest BCUT2D eigenvalue weighted by molar-refractivity contribution is 5.42. The molecule has 2 rings (SSSR count). The van der Waals surface area contributed by atoms with Crippen molar-refractivity contribution < 1.29 is 9.47 Å². The zero-order chi connectivity index (χ0) is 15.2. The third kappa shape index (κ3) is 3.99. The summed E-state index contributed by atoms with van der Waals surface area (Å²) in [5, 5.41) is 0. The van der Waals surface area contributed by atoms with Gasteiger partial charge < -0.3 is 15.2 Å². The molecule has 2 N–H and O–H groups in total. The molecule has 1 atom stereocenters. The first-order chi connectivity index (χ1) is 10.1. The Morgan fingerprint density at radius 3 is 2.33 bits per heavy atom. The lowest BCUT2D eigenvalue weighted by Crippen LogP contribution is -2.12. The molecule has 0 bridgehead atoms. The van der Waals surface area contributed by atoms with E-state index in [9.17, 15) is 0 Å². The molecule has 2 aromatic carbocycles. The lowest BCUT2D eigenvalue weighted by Gasteiger charge is -2.16. The Kier molecular flexibility index (Phi) is 5.23. The zero-order valence-corrected chi connectivity index (χ0v) is 12.9. The Labute approximate surface area is 126 Å². The average Bonchev–Trinajstić information content (AvgIpc) is 2.53. The van der Waals surface area contributed by atoms with Crippen LogP contribution in [0.15, 0.2) is 42.5 Å². The van der Waals surface area contributed by atoms with Crippen molar-refractivity contribution >= 4 is 0 Å². The van der Waals surface area contributed by atoms with Gasteiger partial charge >= 0.3 is 0 Å². The van der Waals surface area contributed by atoms with E-state index in [1.165, 1.54) is 11.1 Å². The molecule has 1 unspecified atom stereocenters. The van der Waals surface area contributed by atoms with Crippen molar-refractivity contribution in [2.24, 2.45) is 5.73 Å². The number of hydrogen-bond donors (Lipinski definition) is 1. The second-order valence-corrected chi connectivity index (χ2v) is 5.24. The van der Waals surface area contributed by atoms with Crippen LogP contribution in [0.1, 0.15) is 29.2 Å². The second-order valence-electron chi connectivity index (χ2n) is 5.24. The fourth-order valence-electron chi connectivity index (χ4n) is 2.36. The molecule has 0 spiro atoms. The minimum atomic E-state index is -0.0489. The summed E-state index contributed by atoms with van der Waals surface area (Å²) < 4.78 is 10.6. The van der Waals surface area contributed by atoms with Crippen LogP contribution in [0.3, 0.4) is 0 Å². The summed E-state index contributed by atoms with van der Waals surface area (Å²) in [6.07, 6.45) is 1.84. The minimum absolute atomic E-state index is 0.0489. The smallest absolute Gasteiger partial charge is 0.127 e. The molecule has 0 radical (unpaired) electrons. The summed E-state index contributed by atoms with van der Waals surface area (Å²) in [4.78, 5) is 0. The van der Waals surface area contributed by atoms with Crippen LogP contribution in [-0.4, -0.2) is 14.2 Å². The molecule has 0 aliphatic rings.